The third kappa shape index (κ3) is 2.99. The molecule has 130 valence electrons. The summed E-state index contributed by atoms with van der Waals surface area (Å²) in [4.78, 5) is 9.69. The van der Waals surface area contributed by atoms with Crippen molar-refractivity contribution in [1.82, 2.24) is 19.5 Å². The summed E-state index contributed by atoms with van der Waals surface area (Å²) in [6.45, 7) is 6.74. The van der Waals surface area contributed by atoms with Crippen LogP contribution in [0.25, 0.3) is 16.8 Å². The Bertz CT molecular complexity index is 892. The van der Waals surface area contributed by atoms with E-state index in [1.807, 2.05) is 23.0 Å². The highest BCUT2D eigenvalue weighted by Crippen LogP contribution is 2.27. The Kier molecular flexibility index (Phi) is 4.15. The highest BCUT2D eigenvalue weighted by molar-refractivity contribution is 5.78. The van der Waals surface area contributed by atoms with Gasteiger partial charge in [-0.15, -0.1) is 0 Å². The standard InChI is InChI=1S/C19H24N6/c1-14-11-15(3-4-16(14)12-20)19-17-5-6-21-25(17)13-18(22-19)24-9-7-23(2)8-10-24/h3-6,11,13H,7-10,12,20H2,1-2H3. The first-order chi connectivity index (χ1) is 12.2. The van der Waals surface area contributed by atoms with Crippen molar-refractivity contribution in [3.63, 3.8) is 0 Å². The molecule has 4 rings (SSSR count). The van der Waals surface area contributed by atoms with Crippen molar-refractivity contribution in [2.24, 2.45) is 5.73 Å². The molecule has 1 saturated heterocycles. The average molecular weight is 336 g/mol. The Hall–Kier alpha value is -2.44. The molecule has 25 heavy (non-hydrogen) atoms. The minimum absolute atomic E-state index is 0.559. The molecule has 0 aliphatic carbocycles. The van der Waals surface area contributed by atoms with Gasteiger partial charge < -0.3 is 15.5 Å². The normalized spacial score (nSPS) is 15.9. The van der Waals surface area contributed by atoms with Crippen LogP contribution >= 0.6 is 0 Å². The van der Waals surface area contributed by atoms with Crippen LogP contribution in [0.4, 0.5) is 5.82 Å². The molecule has 2 N–H and O–H groups in total. The zero-order chi connectivity index (χ0) is 17.4. The largest absolute Gasteiger partial charge is 0.353 e. The van der Waals surface area contributed by atoms with Crippen molar-refractivity contribution < 1.29 is 0 Å². The zero-order valence-electron chi connectivity index (χ0n) is 14.8. The monoisotopic (exact) mass is 336 g/mol. The molecular formula is C19H24N6. The predicted molar refractivity (Wildman–Crippen MR) is 101 cm³/mol. The molecule has 1 fully saturated rings. The molecule has 0 saturated carbocycles. The summed E-state index contributed by atoms with van der Waals surface area (Å²) in [5.74, 6) is 0.986. The van der Waals surface area contributed by atoms with E-state index >= 15 is 0 Å². The van der Waals surface area contributed by atoms with Crippen LogP contribution in [0.15, 0.2) is 36.7 Å². The average Bonchev–Trinajstić information content (AvgIpc) is 3.10. The minimum Gasteiger partial charge on any atom is -0.353 e. The first kappa shape index (κ1) is 16.1. The van der Waals surface area contributed by atoms with E-state index in [1.165, 1.54) is 11.1 Å². The number of rotatable bonds is 3. The molecule has 2 aromatic heterocycles. The van der Waals surface area contributed by atoms with Gasteiger partial charge in [0, 0.05) is 38.3 Å². The molecule has 1 aromatic carbocycles. The Balaban J connectivity index is 1.80. The summed E-state index contributed by atoms with van der Waals surface area (Å²) in [5.41, 5.74) is 11.3. The van der Waals surface area contributed by atoms with Gasteiger partial charge in [0.2, 0.25) is 0 Å². The van der Waals surface area contributed by atoms with Crippen LogP contribution in [0.3, 0.4) is 0 Å². The van der Waals surface area contributed by atoms with Crippen molar-refractivity contribution in [3.8, 4) is 11.3 Å². The maximum Gasteiger partial charge on any atom is 0.148 e. The van der Waals surface area contributed by atoms with Crippen molar-refractivity contribution in [2.45, 2.75) is 13.5 Å². The fraction of sp³-hybridized carbons (Fsp3) is 0.368. The van der Waals surface area contributed by atoms with Crippen molar-refractivity contribution in [2.75, 3.05) is 38.1 Å². The predicted octanol–water partition coefficient (Wildman–Crippen LogP) is 1.92. The van der Waals surface area contributed by atoms with Crippen molar-refractivity contribution in [3.05, 3.63) is 47.8 Å². The fourth-order valence-corrected chi connectivity index (χ4v) is 3.39. The topological polar surface area (TPSA) is 62.7 Å². The van der Waals surface area contributed by atoms with Gasteiger partial charge in [-0.2, -0.15) is 5.10 Å². The van der Waals surface area contributed by atoms with Gasteiger partial charge in [-0.3, -0.25) is 0 Å². The molecule has 0 spiro atoms. The lowest BCUT2D eigenvalue weighted by molar-refractivity contribution is 0.312. The van der Waals surface area contributed by atoms with E-state index in [9.17, 15) is 0 Å². The summed E-state index contributed by atoms with van der Waals surface area (Å²) in [6, 6.07) is 8.40. The molecule has 3 aromatic rings. The first-order valence-corrected chi connectivity index (χ1v) is 8.73. The summed E-state index contributed by atoms with van der Waals surface area (Å²) in [7, 11) is 2.16. The molecule has 0 bridgehead atoms. The lowest BCUT2D eigenvalue weighted by atomic mass is 10.0. The quantitative estimate of drug-likeness (QED) is 0.792. The van der Waals surface area contributed by atoms with Crippen LogP contribution < -0.4 is 10.6 Å². The number of aromatic nitrogens is 3. The number of hydrogen-bond donors (Lipinski definition) is 1. The Labute approximate surface area is 147 Å². The molecule has 0 atom stereocenters. The van der Waals surface area contributed by atoms with Gasteiger partial charge in [0.15, 0.2) is 0 Å². The second-order valence-corrected chi connectivity index (χ2v) is 6.74. The fourth-order valence-electron chi connectivity index (χ4n) is 3.39. The lowest BCUT2D eigenvalue weighted by Crippen LogP contribution is -2.44. The van der Waals surface area contributed by atoms with Gasteiger partial charge in [0.05, 0.1) is 23.6 Å². The minimum atomic E-state index is 0.559. The molecule has 6 heteroatoms. The number of benzene rings is 1. The van der Waals surface area contributed by atoms with E-state index < -0.39 is 0 Å². The van der Waals surface area contributed by atoms with Crippen molar-refractivity contribution in [1.29, 1.82) is 0 Å². The molecular weight excluding hydrogens is 312 g/mol. The lowest BCUT2D eigenvalue weighted by Gasteiger charge is -2.33. The van der Waals surface area contributed by atoms with E-state index in [4.69, 9.17) is 10.7 Å². The molecule has 3 heterocycles. The summed E-state index contributed by atoms with van der Waals surface area (Å²) < 4.78 is 1.93. The van der Waals surface area contributed by atoms with E-state index in [0.29, 0.717) is 6.54 Å². The smallest absolute Gasteiger partial charge is 0.148 e. The Morgan fingerprint density at radius 3 is 2.64 bits per heavy atom. The third-order valence-corrected chi connectivity index (χ3v) is 5.04. The van der Waals surface area contributed by atoms with Gasteiger partial charge in [-0.05, 0) is 37.2 Å². The number of fused-ring (bicyclic) bond motifs is 1. The summed E-state index contributed by atoms with van der Waals surface area (Å²) >= 11 is 0. The maximum atomic E-state index is 5.81. The van der Waals surface area contributed by atoms with Gasteiger partial charge in [0.25, 0.3) is 0 Å². The Morgan fingerprint density at radius 1 is 1.12 bits per heavy atom. The van der Waals surface area contributed by atoms with Gasteiger partial charge >= 0.3 is 0 Å². The molecule has 0 amide bonds. The molecule has 0 unspecified atom stereocenters. The molecule has 6 nitrogen and oxygen atoms in total. The van der Waals surface area contributed by atoms with E-state index in [1.54, 1.807) is 0 Å². The number of piperazine rings is 1. The highest BCUT2D eigenvalue weighted by Gasteiger charge is 2.18. The van der Waals surface area contributed by atoms with Gasteiger partial charge in [0.1, 0.15) is 5.82 Å². The number of likely N-dealkylation sites (N-methyl/N-ethyl adjacent to an activating group) is 1. The van der Waals surface area contributed by atoms with E-state index in [0.717, 1.165) is 48.8 Å². The molecule has 1 aliphatic rings. The van der Waals surface area contributed by atoms with E-state index in [-0.39, 0.29) is 0 Å². The highest BCUT2D eigenvalue weighted by atomic mass is 15.3. The van der Waals surface area contributed by atoms with Crippen LogP contribution in [-0.4, -0.2) is 52.7 Å². The maximum absolute atomic E-state index is 5.81. The van der Waals surface area contributed by atoms with E-state index in [2.05, 4.69) is 47.1 Å². The van der Waals surface area contributed by atoms with Crippen molar-refractivity contribution >= 4 is 11.3 Å². The van der Waals surface area contributed by atoms with Crippen LogP contribution in [-0.2, 0) is 6.54 Å². The number of hydrogen-bond acceptors (Lipinski definition) is 5. The molecule has 0 radical (unpaired) electrons. The Morgan fingerprint density at radius 2 is 1.92 bits per heavy atom. The summed E-state index contributed by atoms with van der Waals surface area (Å²) in [6.07, 6.45) is 3.86. The number of nitrogens with zero attached hydrogens (tertiary/aromatic N) is 5. The van der Waals surface area contributed by atoms with Gasteiger partial charge in [-0.1, -0.05) is 12.1 Å². The second-order valence-electron chi connectivity index (χ2n) is 6.74. The first-order valence-electron chi connectivity index (χ1n) is 8.73. The summed E-state index contributed by atoms with van der Waals surface area (Å²) in [5, 5.41) is 4.45. The van der Waals surface area contributed by atoms with Crippen LogP contribution in [0.2, 0.25) is 0 Å². The van der Waals surface area contributed by atoms with Crippen LogP contribution in [0.5, 0.6) is 0 Å². The number of anilines is 1. The number of aryl methyl sites for hydroxylation is 1. The van der Waals surface area contributed by atoms with Gasteiger partial charge in [-0.25, -0.2) is 9.50 Å². The van der Waals surface area contributed by atoms with Crippen LogP contribution in [0, 0.1) is 6.92 Å². The zero-order valence-corrected chi connectivity index (χ0v) is 14.8. The second kappa shape index (κ2) is 6.46. The third-order valence-electron chi connectivity index (χ3n) is 5.04. The SMILES string of the molecule is Cc1cc(-c2nc(N3CCN(C)CC3)cn3nccc23)ccc1CN. The van der Waals surface area contributed by atoms with Crippen LogP contribution in [0.1, 0.15) is 11.1 Å². The number of nitrogens with two attached hydrogens (primary N) is 1. The molecule has 1 aliphatic heterocycles.